The normalized spacial score (nSPS) is 10.4. The van der Waals surface area contributed by atoms with Crippen LogP contribution in [-0.2, 0) is 6.54 Å². The maximum atomic E-state index is 12.6. The minimum absolute atomic E-state index is 0.0763. The summed E-state index contributed by atoms with van der Waals surface area (Å²) < 4.78 is 0.855. The van der Waals surface area contributed by atoms with Crippen LogP contribution in [0.1, 0.15) is 29.4 Å². The van der Waals surface area contributed by atoms with Crippen LogP contribution in [0.25, 0.3) is 0 Å². The van der Waals surface area contributed by atoms with Crippen molar-refractivity contribution >= 4 is 27.5 Å². The van der Waals surface area contributed by atoms with Gasteiger partial charge in [-0.2, -0.15) is 0 Å². The van der Waals surface area contributed by atoms with Crippen molar-refractivity contribution in [2.24, 2.45) is 0 Å². The van der Waals surface area contributed by atoms with Crippen molar-refractivity contribution in [2.45, 2.75) is 19.9 Å². The Morgan fingerprint density at radius 1 is 1.29 bits per heavy atom. The number of amides is 1. The second-order valence-corrected chi connectivity index (χ2v) is 5.70. The number of hydrogen-bond acceptors (Lipinski definition) is 3. The highest BCUT2D eigenvalue weighted by molar-refractivity contribution is 9.10. The number of benzene rings is 1. The Balaban J connectivity index is 2.20. The number of nitrogens with two attached hydrogens (primary N) is 1. The van der Waals surface area contributed by atoms with Crippen LogP contribution in [0.2, 0.25) is 0 Å². The van der Waals surface area contributed by atoms with Crippen LogP contribution in [0.3, 0.4) is 0 Å². The monoisotopic (exact) mass is 347 g/mol. The van der Waals surface area contributed by atoms with E-state index in [1.165, 1.54) is 0 Å². The molecule has 0 atom stereocenters. The molecule has 0 fully saturated rings. The van der Waals surface area contributed by atoms with Crippen molar-refractivity contribution < 1.29 is 4.79 Å². The van der Waals surface area contributed by atoms with Crippen LogP contribution in [0.4, 0.5) is 5.69 Å². The summed E-state index contributed by atoms with van der Waals surface area (Å²) in [6.45, 7) is 3.21. The topological polar surface area (TPSA) is 59.2 Å². The molecule has 0 aliphatic carbocycles. The SMILES string of the molecule is CCCN(Cc1ccccc1N)C(=O)c1ccc(Br)cn1. The van der Waals surface area contributed by atoms with Crippen molar-refractivity contribution in [1.82, 2.24) is 9.88 Å². The fourth-order valence-electron chi connectivity index (χ4n) is 2.07. The fraction of sp³-hybridized carbons (Fsp3) is 0.250. The lowest BCUT2D eigenvalue weighted by Crippen LogP contribution is -2.32. The van der Waals surface area contributed by atoms with Gasteiger partial charge in [0.25, 0.3) is 5.91 Å². The summed E-state index contributed by atoms with van der Waals surface area (Å²) in [5.41, 5.74) is 8.07. The number of anilines is 1. The Hall–Kier alpha value is -1.88. The lowest BCUT2D eigenvalue weighted by molar-refractivity contribution is 0.0737. The number of nitrogen functional groups attached to an aromatic ring is 1. The molecule has 1 aromatic carbocycles. The van der Waals surface area contributed by atoms with E-state index in [0.29, 0.717) is 24.5 Å². The molecule has 0 spiro atoms. The molecule has 2 rings (SSSR count). The van der Waals surface area contributed by atoms with Gasteiger partial charge in [-0.1, -0.05) is 25.1 Å². The molecule has 0 unspecified atom stereocenters. The fourth-order valence-corrected chi connectivity index (χ4v) is 2.31. The molecule has 5 heteroatoms. The highest BCUT2D eigenvalue weighted by Crippen LogP contribution is 2.16. The van der Waals surface area contributed by atoms with E-state index < -0.39 is 0 Å². The van der Waals surface area contributed by atoms with Gasteiger partial charge in [-0.3, -0.25) is 4.79 Å². The minimum atomic E-state index is -0.0763. The van der Waals surface area contributed by atoms with Crippen molar-refractivity contribution in [3.63, 3.8) is 0 Å². The third-order valence-corrected chi connectivity index (χ3v) is 3.61. The third-order valence-electron chi connectivity index (χ3n) is 3.14. The van der Waals surface area contributed by atoms with Gasteiger partial charge in [0, 0.05) is 29.4 Å². The number of rotatable bonds is 5. The van der Waals surface area contributed by atoms with Crippen molar-refractivity contribution in [2.75, 3.05) is 12.3 Å². The molecule has 2 aromatic rings. The Morgan fingerprint density at radius 3 is 2.67 bits per heavy atom. The Bertz CT molecular complexity index is 613. The van der Waals surface area contributed by atoms with Gasteiger partial charge in [0.2, 0.25) is 0 Å². The summed E-state index contributed by atoms with van der Waals surface area (Å²) >= 11 is 3.32. The largest absolute Gasteiger partial charge is 0.398 e. The predicted octanol–water partition coefficient (Wildman–Crippen LogP) is 3.48. The zero-order valence-corrected chi connectivity index (χ0v) is 13.5. The first-order chi connectivity index (χ1) is 10.1. The first-order valence-corrected chi connectivity index (χ1v) is 7.65. The number of para-hydroxylation sites is 1. The van der Waals surface area contributed by atoms with Gasteiger partial charge in [-0.15, -0.1) is 0 Å². The molecule has 0 aliphatic rings. The van der Waals surface area contributed by atoms with Crippen LogP contribution < -0.4 is 5.73 Å². The first kappa shape index (κ1) is 15.5. The van der Waals surface area contributed by atoms with Crippen LogP contribution in [0, 0.1) is 0 Å². The van der Waals surface area contributed by atoms with Crippen molar-refractivity contribution in [3.8, 4) is 0 Å². The maximum Gasteiger partial charge on any atom is 0.272 e. The molecule has 110 valence electrons. The van der Waals surface area contributed by atoms with E-state index >= 15 is 0 Å². The summed E-state index contributed by atoms with van der Waals surface area (Å²) in [6.07, 6.45) is 2.52. The molecule has 1 aromatic heterocycles. The zero-order valence-electron chi connectivity index (χ0n) is 11.9. The number of halogens is 1. The molecule has 2 N–H and O–H groups in total. The average Bonchev–Trinajstić information content (AvgIpc) is 2.49. The number of pyridine rings is 1. The Labute approximate surface area is 133 Å². The number of carbonyl (C=O) groups excluding carboxylic acids is 1. The molecule has 0 saturated heterocycles. The molecule has 4 nitrogen and oxygen atoms in total. The molecule has 0 aliphatic heterocycles. The van der Waals surface area contributed by atoms with Gasteiger partial charge in [-0.25, -0.2) is 4.98 Å². The van der Waals surface area contributed by atoms with E-state index in [0.717, 1.165) is 16.5 Å². The van der Waals surface area contributed by atoms with Crippen molar-refractivity contribution in [1.29, 1.82) is 0 Å². The summed E-state index contributed by atoms with van der Waals surface area (Å²) in [4.78, 5) is 18.5. The molecule has 1 amide bonds. The summed E-state index contributed by atoms with van der Waals surface area (Å²) in [6, 6.07) is 11.2. The van der Waals surface area contributed by atoms with Gasteiger partial charge in [-0.05, 0) is 46.1 Å². The van der Waals surface area contributed by atoms with E-state index in [9.17, 15) is 4.79 Å². The quantitative estimate of drug-likeness (QED) is 0.842. The number of aromatic nitrogens is 1. The molecule has 0 saturated carbocycles. The lowest BCUT2D eigenvalue weighted by atomic mass is 10.1. The van der Waals surface area contributed by atoms with Gasteiger partial charge in [0.15, 0.2) is 0 Å². The van der Waals surface area contributed by atoms with E-state index in [1.54, 1.807) is 17.2 Å². The summed E-state index contributed by atoms with van der Waals surface area (Å²) in [5.74, 6) is -0.0763. The molecule has 0 bridgehead atoms. The first-order valence-electron chi connectivity index (χ1n) is 6.86. The second kappa shape index (κ2) is 7.22. The van der Waals surface area contributed by atoms with Crippen molar-refractivity contribution in [3.05, 3.63) is 58.3 Å². The molecular formula is C16H18BrN3O. The van der Waals surface area contributed by atoms with Crippen LogP contribution >= 0.6 is 15.9 Å². The van der Waals surface area contributed by atoms with Gasteiger partial charge >= 0.3 is 0 Å². The number of hydrogen-bond donors (Lipinski definition) is 1. The van der Waals surface area contributed by atoms with E-state index in [2.05, 4.69) is 20.9 Å². The number of nitrogens with zero attached hydrogens (tertiary/aromatic N) is 2. The smallest absolute Gasteiger partial charge is 0.272 e. The van der Waals surface area contributed by atoms with Crippen LogP contribution in [0.15, 0.2) is 47.1 Å². The molecule has 0 radical (unpaired) electrons. The van der Waals surface area contributed by atoms with Gasteiger partial charge in [0.05, 0.1) is 0 Å². The van der Waals surface area contributed by atoms with E-state index in [-0.39, 0.29) is 5.91 Å². The summed E-state index contributed by atoms with van der Waals surface area (Å²) in [5, 5.41) is 0. The standard InChI is InChI=1S/C16H18BrN3O/c1-2-9-20(11-12-5-3-4-6-14(12)18)16(21)15-8-7-13(17)10-19-15/h3-8,10H,2,9,11,18H2,1H3. The maximum absolute atomic E-state index is 12.6. The minimum Gasteiger partial charge on any atom is -0.398 e. The van der Waals surface area contributed by atoms with Gasteiger partial charge < -0.3 is 10.6 Å². The molecular weight excluding hydrogens is 330 g/mol. The third kappa shape index (κ3) is 4.04. The highest BCUT2D eigenvalue weighted by Gasteiger charge is 2.17. The van der Waals surface area contributed by atoms with E-state index in [1.807, 2.05) is 37.3 Å². The second-order valence-electron chi connectivity index (χ2n) is 4.79. The lowest BCUT2D eigenvalue weighted by Gasteiger charge is -2.22. The molecule has 1 heterocycles. The molecule has 21 heavy (non-hydrogen) atoms. The highest BCUT2D eigenvalue weighted by atomic mass is 79.9. The number of carbonyl (C=O) groups is 1. The Morgan fingerprint density at radius 2 is 2.05 bits per heavy atom. The average molecular weight is 348 g/mol. The predicted molar refractivity (Wildman–Crippen MR) is 87.8 cm³/mol. The zero-order chi connectivity index (χ0) is 15.2. The Kier molecular flexibility index (Phi) is 5.33. The van der Waals surface area contributed by atoms with Gasteiger partial charge in [0.1, 0.15) is 5.69 Å². The van der Waals surface area contributed by atoms with Crippen LogP contribution in [0.5, 0.6) is 0 Å². The van der Waals surface area contributed by atoms with E-state index in [4.69, 9.17) is 5.73 Å². The van der Waals surface area contributed by atoms with Crippen LogP contribution in [-0.4, -0.2) is 22.3 Å². The summed E-state index contributed by atoms with van der Waals surface area (Å²) in [7, 11) is 0.